The zero-order valence-corrected chi connectivity index (χ0v) is 18.8. The van der Waals surface area contributed by atoms with Crippen LogP contribution in [0.25, 0.3) is 0 Å². The van der Waals surface area contributed by atoms with E-state index in [0.717, 1.165) is 24.3 Å². The molecule has 1 N–H and O–H groups in total. The molecule has 3 heterocycles. The van der Waals surface area contributed by atoms with Gasteiger partial charge in [-0.2, -0.15) is 16.1 Å². The van der Waals surface area contributed by atoms with Gasteiger partial charge in [0.15, 0.2) is 0 Å². The summed E-state index contributed by atoms with van der Waals surface area (Å²) in [4.78, 5) is 17.8. The largest absolute Gasteiger partial charge is 0.376 e. The molecule has 2 aliphatic heterocycles. The molecule has 1 unspecified atom stereocenters. The van der Waals surface area contributed by atoms with Crippen LogP contribution < -0.4 is 0 Å². The summed E-state index contributed by atoms with van der Waals surface area (Å²) in [7, 11) is -3.64. The highest BCUT2D eigenvalue weighted by atomic mass is 32.2. The monoisotopic (exact) mass is 467 g/mol. The second kappa shape index (κ2) is 9.72. The molecule has 1 amide bonds. The molecular formula is C21H26FN3O4S2. The van der Waals surface area contributed by atoms with Gasteiger partial charge in [-0.3, -0.25) is 4.79 Å². The van der Waals surface area contributed by atoms with Crippen LogP contribution in [-0.4, -0.2) is 72.4 Å². The Balaban J connectivity index is 1.54. The quantitative estimate of drug-likeness (QED) is 0.677. The Morgan fingerprint density at radius 3 is 2.81 bits per heavy atom. The Morgan fingerprint density at radius 2 is 2.10 bits per heavy atom. The average molecular weight is 468 g/mol. The van der Waals surface area contributed by atoms with Gasteiger partial charge in [0, 0.05) is 50.5 Å². The minimum absolute atomic E-state index is 0.0819. The van der Waals surface area contributed by atoms with Gasteiger partial charge in [0.2, 0.25) is 10.0 Å². The number of amides is 1. The summed E-state index contributed by atoms with van der Waals surface area (Å²) in [5, 5.41) is 0. The standard InChI is InChI=1S/C21H26FN3O4S2/c22-17-4-1-3-16(11-17)14-24(15-18-5-2-8-29-18)21(26)20-12-19(13-23-20)31(27,28)25-6-9-30-10-7-25/h1,3-4,11-13,18,23H,2,5-10,14-15H2. The van der Waals surface area contributed by atoms with E-state index in [9.17, 15) is 17.6 Å². The first-order valence-electron chi connectivity index (χ1n) is 10.3. The number of hydrogen-bond donors (Lipinski definition) is 1. The van der Waals surface area contributed by atoms with E-state index >= 15 is 0 Å². The number of halogens is 1. The highest BCUT2D eigenvalue weighted by molar-refractivity contribution is 7.99. The third-order valence-corrected chi connectivity index (χ3v) is 8.31. The fourth-order valence-electron chi connectivity index (χ4n) is 3.86. The van der Waals surface area contributed by atoms with Crippen LogP contribution in [0.5, 0.6) is 0 Å². The van der Waals surface area contributed by atoms with Crippen LogP contribution in [0.15, 0.2) is 41.4 Å². The topological polar surface area (TPSA) is 82.7 Å². The molecule has 10 heteroatoms. The van der Waals surface area contributed by atoms with Gasteiger partial charge in [0.05, 0.1) is 6.10 Å². The van der Waals surface area contributed by atoms with Crippen LogP contribution in [0.4, 0.5) is 4.39 Å². The lowest BCUT2D eigenvalue weighted by Gasteiger charge is -2.25. The molecule has 1 aromatic carbocycles. The molecule has 1 aromatic heterocycles. The molecule has 31 heavy (non-hydrogen) atoms. The number of carbonyl (C=O) groups excluding carboxylic acids is 1. The second-order valence-electron chi connectivity index (χ2n) is 7.72. The number of carbonyl (C=O) groups is 1. The number of rotatable bonds is 7. The molecule has 0 spiro atoms. The summed E-state index contributed by atoms with van der Waals surface area (Å²) in [6, 6.07) is 7.52. The summed E-state index contributed by atoms with van der Waals surface area (Å²) >= 11 is 1.73. The van der Waals surface area contributed by atoms with Gasteiger partial charge < -0.3 is 14.6 Å². The summed E-state index contributed by atoms with van der Waals surface area (Å²) in [6.45, 7) is 2.16. The molecule has 0 radical (unpaired) electrons. The summed E-state index contributed by atoms with van der Waals surface area (Å²) in [5.74, 6) is 0.821. The molecule has 4 rings (SSSR count). The van der Waals surface area contributed by atoms with Crippen LogP contribution >= 0.6 is 11.8 Å². The first-order valence-corrected chi connectivity index (χ1v) is 12.9. The van der Waals surface area contributed by atoms with Gasteiger partial charge >= 0.3 is 0 Å². The zero-order valence-electron chi connectivity index (χ0n) is 17.1. The van der Waals surface area contributed by atoms with Crippen molar-refractivity contribution in [2.24, 2.45) is 0 Å². The lowest BCUT2D eigenvalue weighted by molar-refractivity contribution is 0.0503. The van der Waals surface area contributed by atoms with E-state index in [1.54, 1.807) is 28.8 Å². The number of aromatic amines is 1. The molecule has 168 valence electrons. The van der Waals surface area contributed by atoms with E-state index in [-0.39, 0.29) is 35.0 Å². The van der Waals surface area contributed by atoms with Crippen molar-refractivity contribution in [3.63, 3.8) is 0 Å². The summed E-state index contributed by atoms with van der Waals surface area (Å²) < 4.78 is 46.6. The van der Waals surface area contributed by atoms with Crippen LogP contribution in [0.3, 0.4) is 0 Å². The molecule has 0 aliphatic carbocycles. The van der Waals surface area contributed by atoms with Crippen LogP contribution in [0.2, 0.25) is 0 Å². The Hall–Kier alpha value is -1.88. The minimum atomic E-state index is -3.64. The Morgan fingerprint density at radius 1 is 1.29 bits per heavy atom. The molecular weight excluding hydrogens is 441 g/mol. The SMILES string of the molecule is O=C(c1cc(S(=O)(=O)N2CCSCC2)c[nH]1)N(Cc1cccc(F)c1)CC1CCCO1. The highest BCUT2D eigenvalue weighted by Crippen LogP contribution is 2.23. The molecule has 2 aromatic rings. The number of thioether (sulfide) groups is 1. The average Bonchev–Trinajstić information content (AvgIpc) is 3.46. The van der Waals surface area contributed by atoms with E-state index < -0.39 is 10.0 Å². The third kappa shape index (κ3) is 5.31. The van der Waals surface area contributed by atoms with Crippen molar-refractivity contribution in [2.45, 2.75) is 30.4 Å². The van der Waals surface area contributed by atoms with E-state index in [2.05, 4.69) is 4.98 Å². The lowest BCUT2D eigenvalue weighted by atomic mass is 10.1. The van der Waals surface area contributed by atoms with Gasteiger partial charge in [-0.1, -0.05) is 12.1 Å². The van der Waals surface area contributed by atoms with Gasteiger partial charge in [-0.15, -0.1) is 0 Å². The fraction of sp³-hybridized carbons (Fsp3) is 0.476. The number of aromatic nitrogens is 1. The van der Waals surface area contributed by atoms with E-state index in [4.69, 9.17) is 4.74 Å². The van der Waals surface area contributed by atoms with Crippen LogP contribution in [0.1, 0.15) is 28.9 Å². The van der Waals surface area contributed by atoms with Gasteiger partial charge in [-0.25, -0.2) is 12.8 Å². The maximum absolute atomic E-state index is 13.7. The number of hydrogen-bond acceptors (Lipinski definition) is 5. The highest BCUT2D eigenvalue weighted by Gasteiger charge is 2.29. The third-order valence-electron chi connectivity index (χ3n) is 5.49. The van der Waals surface area contributed by atoms with Crippen molar-refractivity contribution in [2.75, 3.05) is 37.7 Å². The Bertz CT molecular complexity index is 1020. The van der Waals surface area contributed by atoms with Crippen molar-refractivity contribution >= 4 is 27.7 Å². The predicted octanol–water partition coefficient (Wildman–Crippen LogP) is 2.71. The van der Waals surface area contributed by atoms with E-state index in [1.807, 2.05) is 0 Å². The van der Waals surface area contributed by atoms with Crippen molar-refractivity contribution in [1.82, 2.24) is 14.2 Å². The molecule has 2 fully saturated rings. The van der Waals surface area contributed by atoms with E-state index in [0.29, 0.717) is 31.8 Å². The van der Waals surface area contributed by atoms with Crippen molar-refractivity contribution < 1.29 is 22.3 Å². The second-order valence-corrected chi connectivity index (χ2v) is 10.9. The number of ether oxygens (including phenoxy) is 1. The van der Waals surface area contributed by atoms with Crippen molar-refractivity contribution in [3.8, 4) is 0 Å². The summed E-state index contributed by atoms with van der Waals surface area (Å²) in [6.07, 6.45) is 3.08. The van der Waals surface area contributed by atoms with Gasteiger partial charge in [0.25, 0.3) is 5.91 Å². The van der Waals surface area contributed by atoms with Gasteiger partial charge in [0.1, 0.15) is 16.4 Å². The van der Waals surface area contributed by atoms with Crippen LogP contribution in [0, 0.1) is 5.82 Å². The molecule has 0 saturated carbocycles. The Kier molecular flexibility index (Phi) is 7.00. The minimum Gasteiger partial charge on any atom is -0.376 e. The smallest absolute Gasteiger partial charge is 0.270 e. The first kappa shape index (κ1) is 22.3. The lowest BCUT2D eigenvalue weighted by Crippen LogP contribution is -2.38. The maximum atomic E-state index is 13.7. The van der Waals surface area contributed by atoms with Crippen molar-refractivity contribution in [3.05, 3.63) is 53.6 Å². The number of nitrogens with zero attached hydrogens (tertiary/aromatic N) is 2. The number of nitrogens with one attached hydrogen (secondary N) is 1. The molecule has 2 aliphatic rings. The molecule has 2 saturated heterocycles. The van der Waals surface area contributed by atoms with Gasteiger partial charge in [-0.05, 0) is 36.6 Å². The fourth-order valence-corrected chi connectivity index (χ4v) is 6.43. The molecule has 0 bridgehead atoms. The first-order chi connectivity index (χ1) is 14.9. The Labute approximate surface area is 186 Å². The van der Waals surface area contributed by atoms with Crippen LogP contribution in [-0.2, 0) is 21.3 Å². The molecule has 1 atom stereocenters. The maximum Gasteiger partial charge on any atom is 0.270 e. The number of sulfonamides is 1. The zero-order chi connectivity index (χ0) is 21.8. The summed E-state index contributed by atoms with van der Waals surface area (Å²) in [5.41, 5.74) is 0.857. The number of H-pyrrole nitrogens is 1. The normalized spacial score (nSPS) is 20.1. The van der Waals surface area contributed by atoms with E-state index in [1.165, 1.54) is 28.7 Å². The van der Waals surface area contributed by atoms with Crippen molar-refractivity contribution in [1.29, 1.82) is 0 Å². The molecule has 7 nitrogen and oxygen atoms in total. The predicted molar refractivity (Wildman–Crippen MR) is 117 cm³/mol. The number of benzene rings is 1.